The highest BCUT2D eigenvalue weighted by atomic mass is 14.9. The molecule has 1 heterocycles. The van der Waals surface area contributed by atoms with Crippen LogP contribution in [0, 0.1) is 0 Å². The average Bonchev–Trinajstić information content (AvgIpc) is 2.28. The van der Waals surface area contributed by atoms with E-state index in [4.69, 9.17) is 0 Å². The van der Waals surface area contributed by atoms with Crippen LogP contribution in [0.25, 0.3) is 0 Å². The molecule has 52 valence electrons. The summed E-state index contributed by atoms with van der Waals surface area (Å²) in [5, 5.41) is 3.40. The van der Waals surface area contributed by atoms with E-state index in [1.165, 1.54) is 12.0 Å². The number of fused-ring (bicyclic) bond motifs is 1. The van der Waals surface area contributed by atoms with Gasteiger partial charge in [0, 0.05) is 6.04 Å². The number of hydrogen-bond donors (Lipinski definition) is 1. The molecular formula is C9H11N. The molecule has 1 saturated heterocycles. The second kappa shape index (κ2) is 2.43. The minimum atomic E-state index is 0.523. The molecule has 1 N–H and O–H groups in total. The summed E-state index contributed by atoms with van der Waals surface area (Å²) in [7, 11) is 0. The normalized spacial score (nSPS) is 29.6. The summed E-state index contributed by atoms with van der Waals surface area (Å²) in [5.41, 5.74) is 1.52. The second-order valence-electron chi connectivity index (χ2n) is 2.69. The topological polar surface area (TPSA) is 12.0 Å². The monoisotopic (exact) mass is 133 g/mol. The van der Waals surface area contributed by atoms with E-state index in [1.807, 2.05) is 0 Å². The smallest absolute Gasteiger partial charge is 0.0472 e. The van der Waals surface area contributed by atoms with Gasteiger partial charge in [0.05, 0.1) is 0 Å². The summed E-state index contributed by atoms with van der Waals surface area (Å²) in [6.07, 6.45) is 11.9. The van der Waals surface area contributed by atoms with Crippen molar-refractivity contribution in [3.8, 4) is 0 Å². The van der Waals surface area contributed by atoms with E-state index in [0.717, 1.165) is 6.54 Å². The van der Waals surface area contributed by atoms with Crippen LogP contribution in [-0.4, -0.2) is 12.6 Å². The lowest BCUT2D eigenvalue weighted by Gasteiger charge is -2.03. The predicted octanol–water partition coefficient (Wildman–Crippen LogP) is 1.40. The summed E-state index contributed by atoms with van der Waals surface area (Å²) < 4.78 is 0. The van der Waals surface area contributed by atoms with Crippen molar-refractivity contribution in [3.63, 3.8) is 0 Å². The van der Waals surface area contributed by atoms with Crippen LogP contribution in [0.4, 0.5) is 0 Å². The summed E-state index contributed by atoms with van der Waals surface area (Å²) in [4.78, 5) is 0. The summed E-state index contributed by atoms with van der Waals surface area (Å²) in [6, 6.07) is 0.523. The van der Waals surface area contributed by atoms with Crippen molar-refractivity contribution in [2.45, 2.75) is 12.5 Å². The Labute approximate surface area is 61.1 Å². The van der Waals surface area contributed by atoms with Gasteiger partial charge in [-0.25, -0.2) is 0 Å². The molecule has 1 heteroatoms. The van der Waals surface area contributed by atoms with Crippen LogP contribution < -0.4 is 5.32 Å². The van der Waals surface area contributed by atoms with Crippen molar-refractivity contribution in [2.24, 2.45) is 0 Å². The Hall–Kier alpha value is -0.820. The fraction of sp³-hybridized carbons (Fsp3) is 0.333. The Bertz CT molecular complexity index is 211. The third kappa shape index (κ3) is 0.929. The van der Waals surface area contributed by atoms with E-state index in [9.17, 15) is 0 Å². The first-order valence-electron chi connectivity index (χ1n) is 3.74. The van der Waals surface area contributed by atoms with E-state index >= 15 is 0 Å². The third-order valence-corrected chi connectivity index (χ3v) is 2.01. The van der Waals surface area contributed by atoms with Crippen molar-refractivity contribution in [1.29, 1.82) is 0 Å². The van der Waals surface area contributed by atoms with Crippen LogP contribution in [0.5, 0.6) is 0 Å². The van der Waals surface area contributed by atoms with Crippen molar-refractivity contribution in [2.75, 3.05) is 6.54 Å². The first-order valence-corrected chi connectivity index (χ1v) is 3.74. The Kier molecular flexibility index (Phi) is 1.44. The minimum Gasteiger partial charge on any atom is -0.307 e. The third-order valence-electron chi connectivity index (χ3n) is 2.01. The predicted molar refractivity (Wildman–Crippen MR) is 42.8 cm³/mol. The van der Waals surface area contributed by atoms with Gasteiger partial charge in [-0.05, 0) is 18.5 Å². The Morgan fingerprint density at radius 2 is 2.30 bits per heavy atom. The van der Waals surface area contributed by atoms with Gasteiger partial charge in [-0.2, -0.15) is 0 Å². The molecular weight excluding hydrogens is 122 g/mol. The van der Waals surface area contributed by atoms with Gasteiger partial charge in [-0.15, -0.1) is 0 Å². The SMILES string of the molecule is C1=CC=C2CCNC2C=C1. The maximum atomic E-state index is 3.40. The fourth-order valence-electron chi connectivity index (χ4n) is 1.46. The highest BCUT2D eigenvalue weighted by Crippen LogP contribution is 2.16. The van der Waals surface area contributed by atoms with Gasteiger partial charge in [-0.1, -0.05) is 30.4 Å². The molecule has 0 bridgehead atoms. The van der Waals surface area contributed by atoms with Crippen LogP contribution in [0.3, 0.4) is 0 Å². The van der Waals surface area contributed by atoms with E-state index < -0.39 is 0 Å². The molecule has 0 amide bonds. The molecule has 0 radical (unpaired) electrons. The van der Waals surface area contributed by atoms with E-state index in [1.54, 1.807) is 0 Å². The minimum absolute atomic E-state index is 0.523. The van der Waals surface area contributed by atoms with Gasteiger partial charge in [-0.3, -0.25) is 0 Å². The van der Waals surface area contributed by atoms with Gasteiger partial charge in [0.1, 0.15) is 0 Å². The zero-order valence-corrected chi connectivity index (χ0v) is 5.88. The Morgan fingerprint density at radius 3 is 3.30 bits per heavy atom. The molecule has 1 aliphatic heterocycles. The molecule has 1 unspecified atom stereocenters. The first-order chi connectivity index (χ1) is 4.97. The lowest BCUT2D eigenvalue weighted by Crippen LogP contribution is -2.19. The number of rotatable bonds is 0. The fourth-order valence-corrected chi connectivity index (χ4v) is 1.46. The maximum absolute atomic E-state index is 3.40. The molecule has 0 spiro atoms. The summed E-state index contributed by atoms with van der Waals surface area (Å²) >= 11 is 0. The van der Waals surface area contributed by atoms with Crippen LogP contribution in [0.2, 0.25) is 0 Å². The van der Waals surface area contributed by atoms with Crippen molar-refractivity contribution < 1.29 is 0 Å². The largest absolute Gasteiger partial charge is 0.307 e. The zero-order chi connectivity index (χ0) is 6.81. The van der Waals surface area contributed by atoms with Crippen LogP contribution in [0.1, 0.15) is 6.42 Å². The standard InChI is InChI=1S/C9H11N/c1-2-4-8-6-7-10-9(8)5-3-1/h1-5,9-10H,6-7H2. The summed E-state index contributed by atoms with van der Waals surface area (Å²) in [5.74, 6) is 0. The van der Waals surface area contributed by atoms with Crippen LogP contribution in [-0.2, 0) is 0 Å². The molecule has 2 aliphatic rings. The lowest BCUT2D eigenvalue weighted by atomic mass is 10.1. The highest BCUT2D eigenvalue weighted by Gasteiger charge is 2.16. The highest BCUT2D eigenvalue weighted by molar-refractivity contribution is 5.31. The Balaban J connectivity index is 2.29. The summed E-state index contributed by atoms with van der Waals surface area (Å²) in [6.45, 7) is 1.13. The maximum Gasteiger partial charge on any atom is 0.0472 e. The van der Waals surface area contributed by atoms with Gasteiger partial charge in [0.25, 0.3) is 0 Å². The molecule has 2 rings (SSSR count). The van der Waals surface area contributed by atoms with Crippen molar-refractivity contribution >= 4 is 0 Å². The van der Waals surface area contributed by atoms with E-state index in [2.05, 4.69) is 35.7 Å². The van der Waals surface area contributed by atoms with E-state index in [-0.39, 0.29) is 0 Å². The molecule has 0 aromatic rings. The second-order valence-corrected chi connectivity index (χ2v) is 2.69. The van der Waals surface area contributed by atoms with Crippen LogP contribution >= 0.6 is 0 Å². The Morgan fingerprint density at radius 1 is 1.30 bits per heavy atom. The average molecular weight is 133 g/mol. The number of allylic oxidation sites excluding steroid dienone is 4. The zero-order valence-electron chi connectivity index (χ0n) is 5.88. The molecule has 1 fully saturated rings. The van der Waals surface area contributed by atoms with Gasteiger partial charge < -0.3 is 5.32 Å². The number of nitrogens with one attached hydrogen (secondary N) is 1. The quantitative estimate of drug-likeness (QED) is 0.526. The van der Waals surface area contributed by atoms with E-state index in [0.29, 0.717) is 6.04 Å². The lowest BCUT2D eigenvalue weighted by molar-refractivity contribution is 0.773. The molecule has 10 heavy (non-hydrogen) atoms. The molecule has 1 aliphatic carbocycles. The molecule has 1 nitrogen and oxygen atoms in total. The molecule has 1 atom stereocenters. The number of hydrogen-bond acceptors (Lipinski definition) is 1. The van der Waals surface area contributed by atoms with Crippen molar-refractivity contribution in [1.82, 2.24) is 5.32 Å². The molecule has 0 saturated carbocycles. The molecule has 0 aromatic carbocycles. The van der Waals surface area contributed by atoms with Crippen molar-refractivity contribution in [3.05, 3.63) is 36.0 Å². The van der Waals surface area contributed by atoms with Gasteiger partial charge in [0.2, 0.25) is 0 Å². The van der Waals surface area contributed by atoms with Crippen LogP contribution in [0.15, 0.2) is 36.0 Å². The first kappa shape index (κ1) is 5.93. The molecule has 0 aromatic heterocycles. The van der Waals surface area contributed by atoms with Gasteiger partial charge >= 0.3 is 0 Å². The van der Waals surface area contributed by atoms with Gasteiger partial charge in [0.15, 0.2) is 0 Å².